The van der Waals surface area contributed by atoms with Crippen molar-refractivity contribution in [2.75, 3.05) is 14.2 Å². The number of hydrogen-bond donors (Lipinski definition) is 2. The van der Waals surface area contributed by atoms with Crippen molar-refractivity contribution in [3.05, 3.63) is 35.4 Å². The van der Waals surface area contributed by atoms with Gasteiger partial charge >= 0.3 is 0 Å². The molecule has 0 saturated heterocycles. The van der Waals surface area contributed by atoms with Gasteiger partial charge in [0.25, 0.3) is 0 Å². The summed E-state index contributed by atoms with van der Waals surface area (Å²) in [4.78, 5) is 3.47. The van der Waals surface area contributed by atoms with Crippen molar-refractivity contribution >= 4 is 21.8 Å². The first kappa shape index (κ1) is 14.7. The third-order valence-electron chi connectivity index (χ3n) is 4.14. The second-order valence-electron chi connectivity index (χ2n) is 5.64. The fourth-order valence-corrected chi connectivity index (χ4v) is 3.20. The lowest BCUT2D eigenvalue weighted by molar-refractivity contribution is 0.195. The molecule has 0 aliphatic carbocycles. The van der Waals surface area contributed by atoms with E-state index in [2.05, 4.69) is 11.1 Å². The van der Waals surface area contributed by atoms with Gasteiger partial charge in [-0.2, -0.15) is 0 Å². The van der Waals surface area contributed by atoms with E-state index in [4.69, 9.17) is 9.47 Å². The molecule has 1 heterocycles. The Kier molecular flexibility index (Phi) is 3.71. The minimum Gasteiger partial charge on any atom is -0.493 e. The van der Waals surface area contributed by atoms with Gasteiger partial charge in [-0.3, -0.25) is 0 Å². The lowest BCUT2D eigenvalue weighted by Crippen LogP contribution is -2.08. The number of methoxy groups -OCH3 is 2. The van der Waals surface area contributed by atoms with Crippen molar-refractivity contribution < 1.29 is 14.6 Å². The van der Waals surface area contributed by atoms with Crippen LogP contribution in [0.15, 0.2) is 24.3 Å². The molecule has 1 aromatic heterocycles. The van der Waals surface area contributed by atoms with E-state index < -0.39 is 6.10 Å². The standard InChI is InChI=1S/C18H21NO3/c1-10(20)9-13-11(2)17(21-3)18(22-4)15-12-7-5-6-8-14(12)19-16(13)15/h5-8,10,19-20H,9H2,1-4H3. The number of fused-ring (bicyclic) bond motifs is 3. The number of ether oxygens (including phenoxy) is 2. The Hall–Kier alpha value is -2.20. The topological polar surface area (TPSA) is 54.5 Å². The van der Waals surface area contributed by atoms with Gasteiger partial charge in [0.05, 0.1) is 31.2 Å². The van der Waals surface area contributed by atoms with E-state index in [0.29, 0.717) is 6.42 Å². The van der Waals surface area contributed by atoms with Crippen LogP contribution in [-0.4, -0.2) is 30.4 Å². The highest BCUT2D eigenvalue weighted by atomic mass is 16.5. The van der Waals surface area contributed by atoms with Gasteiger partial charge < -0.3 is 19.6 Å². The van der Waals surface area contributed by atoms with E-state index in [1.165, 1.54) is 0 Å². The van der Waals surface area contributed by atoms with Gasteiger partial charge in [0.2, 0.25) is 0 Å². The molecule has 2 N–H and O–H groups in total. The Morgan fingerprint density at radius 1 is 1.14 bits per heavy atom. The van der Waals surface area contributed by atoms with E-state index in [1.807, 2.05) is 25.1 Å². The molecule has 0 aliphatic heterocycles. The van der Waals surface area contributed by atoms with E-state index in [1.54, 1.807) is 21.1 Å². The number of aliphatic hydroxyl groups is 1. The Bertz CT molecular complexity index is 833. The van der Waals surface area contributed by atoms with Crippen LogP contribution in [0.3, 0.4) is 0 Å². The van der Waals surface area contributed by atoms with E-state index in [0.717, 1.165) is 44.4 Å². The van der Waals surface area contributed by atoms with Crippen LogP contribution in [0.25, 0.3) is 21.8 Å². The minimum absolute atomic E-state index is 0.425. The summed E-state index contributed by atoms with van der Waals surface area (Å²) >= 11 is 0. The molecular weight excluding hydrogens is 278 g/mol. The fourth-order valence-electron chi connectivity index (χ4n) is 3.20. The van der Waals surface area contributed by atoms with Gasteiger partial charge in [-0.05, 0) is 25.5 Å². The van der Waals surface area contributed by atoms with Crippen molar-refractivity contribution in [3.63, 3.8) is 0 Å². The number of aromatic nitrogens is 1. The van der Waals surface area contributed by atoms with Gasteiger partial charge in [-0.25, -0.2) is 0 Å². The Morgan fingerprint density at radius 3 is 2.45 bits per heavy atom. The zero-order chi connectivity index (χ0) is 15.9. The SMILES string of the molecule is COc1c(C)c(CC(C)O)c2[nH]c3ccccc3c2c1OC. The van der Waals surface area contributed by atoms with Crippen LogP contribution in [0, 0.1) is 6.92 Å². The summed E-state index contributed by atoms with van der Waals surface area (Å²) in [7, 11) is 3.31. The Balaban J connectivity index is 2.50. The number of aromatic amines is 1. The van der Waals surface area contributed by atoms with Gasteiger partial charge in [-0.15, -0.1) is 0 Å². The van der Waals surface area contributed by atoms with Gasteiger partial charge in [0.1, 0.15) is 0 Å². The number of benzene rings is 2. The van der Waals surface area contributed by atoms with E-state index in [9.17, 15) is 5.11 Å². The quantitative estimate of drug-likeness (QED) is 0.774. The molecule has 3 aromatic rings. The molecule has 0 saturated carbocycles. The number of rotatable bonds is 4. The average Bonchev–Trinajstić information content (AvgIpc) is 2.88. The first-order valence-electron chi connectivity index (χ1n) is 7.40. The molecule has 1 atom stereocenters. The van der Waals surface area contributed by atoms with Crippen LogP contribution >= 0.6 is 0 Å². The van der Waals surface area contributed by atoms with Crippen LogP contribution in [-0.2, 0) is 6.42 Å². The smallest absolute Gasteiger partial charge is 0.171 e. The highest BCUT2D eigenvalue weighted by Crippen LogP contribution is 2.44. The highest BCUT2D eigenvalue weighted by molar-refractivity contribution is 6.13. The molecule has 2 aromatic carbocycles. The molecular formula is C18H21NO3. The molecule has 0 aliphatic rings. The van der Waals surface area contributed by atoms with Crippen molar-refractivity contribution in [1.82, 2.24) is 4.98 Å². The van der Waals surface area contributed by atoms with Crippen molar-refractivity contribution in [2.24, 2.45) is 0 Å². The van der Waals surface area contributed by atoms with E-state index in [-0.39, 0.29) is 0 Å². The summed E-state index contributed by atoms with van der Waals surface area (Å²) in [6.07, 6.45) is 0.140. The summed E-state index contributed by atoms with van der Waals surface area (Å²) < 4.78 is 11.2. The number of nitrogens with one attached hydrogen (secondary N) is 1. The largest absolute Gasteiger partial charge is 0.493 e. The predicted octanol–water partition coefficient (Wildman–Crippen LogP) is 3.57. The molecule has 0 amide bonds. The molecule has 1 unspecified atom stereocenters. The monoisotopic (exact) mass is 299 g/mol. The molecule has 0 radical (unpaired) electrons. The summed E-state index contributed by atoms with van der Waals surface area (Å²) in [5.74, 6) is 1.47. The van der Waals surface area contributed by atoms with Crippen molar-refractivity contribution in [3.8, 4) is 11.5 Å². The number of hydrogen-bond acceptors (Lipinski definition) is 3. The third kappa shape index (κ3) is 2.11. The number of para-hydroxylation sites is 1. The molecule has 116 valence electrons. The van der Waals surface area contributed by atoms with Crippen LogP contribution in [0.2, 0.25) is 0 Å². The van der Waals surface area contributed by atoms with Gasteiger partial charge in [-0.1, -0.05) is 18.2 Å². The second-order valence-corrected chi connectivity index (χ2v) is 5.64. The molecule has 3 rings (SSSR count). The zero-order valence-electron chi connectivity index (χ0n) is 13.4. The first-order valence-corrected chi connectivity index (χ1v) is 7.40. The van der Waals surface area contributed by atoms with Gasteiger partial charge in [0, 0.05) is 22.9 Å². The van der Waals surface area contributed by atoms with Crippen molar-refractivity contribution in [1.29, 1.82) is 0 Å². The predicted molar refractivity (Wildman–Crippen MR) is 89.0 cm³/mol. The average molecular weight is 299 g/mol. The van der Waals surface area contributed by atoms with Crippen molar-refractivity contribution in [2.45, 2.75) is 26.4 Å². The maximum atomic E-state index is 9.87. The van der Waals surface area contributed by atoms with Crippen LogP contribution in [0.5, 0.6) is 11.5 Å². The minimum atomic E-state index is -0.425. The maximum Gasteiger partial charge on any atom is 0.171 e. The van der Waals surface area contributed by atoms with Crippen LogP contribution in [0.4, 0.5) is 0 Å². The molecule has 22 heavy (non-hydrogen) atoms. The fraction of sp³-hybridized carbons (Fsp3) is 0.333. The van der Waals surface area contributed by atoms with Gasteiger partial charge in [0.15, 0.2) is 11.5 Å². The van der Waals surface area contributed by atoms with E-state index >= 15 is 0 Å². The zero-order valence-corrected chi connectivity index (χ0v) is 13.4. The highest BCUT2D eigenvalue weighted by Gasteiger charge is 2.22. The molecule has 0 bridgehead atoms. The lowest BCUT2D eigenvalue weighted by Gasteiger charge is -2.17. The maximum absolute atomic E-state index is 9.87. The summed E-state index contributed by atoms with van der Waals surface area (Å²) in [6, 6.07) is 8.12. The Morgan fingerprint density at radius 2 is 1.82 bits per heavy atom. The third-order valence-corrected chi connectivity index (χ3v) is 4.14. The molecule has 4 heteroatoms. The first-order chi connectivity index (χ1) is 10.6. The lowest BCUT2D eigenvalue weighted by atomic mass is 9.97. The summed E-state index contributed by atoms with van der Waals surface area (Å²) in [5.41, 5.74) is 4.13. The van der Waals surface area contributed by atoms with Crippen LogP contribution in [0.1, 0.15) is 18.1 Å². The number of aliphatic hydroxyl groups excluding tert-OH is 1. The molecule has 0 spiro atoms. The summed E-state index contributed by atoms with van der Waals surface area (Å²) in [5, 5.41) is 12.0. The Labute approximate surface area is 129 Å². The summed E-state index contributed by atoms with van der Waals surface area (Å²) in [6.45, 7) is 3.80. The normalized spacial score (nSPS) is 12.8. The molecule has 0 fully saturated rings. The molecule has 4 nitrogen and oxygen atoms in total. The number of H-pyrrole nitrogens is 1. The van der Waals surface area contributed by atoms with Crippen LogP contribution < -0.4 is 9.47 Å². The second kappa shape index (κ2) is 5.54.